The molecule has 0 saturated carbocycles. The van der Waals surface area contributed by atoms with E-state index in [0.717, 1.165) is 15.1 Å². The number of benzene rings is 1. The van der Waals surface area contributed by atoms with Gasteiger partial charge >= 0.3 is 6.18 Å². The van der Waals surface area contributed by atoms with Crippen LogP contribution in [0.2, 0.25) is 0 Å². The second-order valence-electron chi connectivity index (χ2n) is 6.70. The molecule has 0 unspecified atom stereocenters. The zero-order chi connectivity index (χ0) is 21.5. The maximum Gasteiger partial charge on any atom is 0.433 e. The molecule has 30 heavy (non-hydrogen) atoms. The van der Waals surface area contributed by atoms with Gasteiger partial charge in [-0.1, -0.05) is 28.1 Å². The predicted octanol–water partition coefficient (Wildman–Crippen LogP) is 4.34. The fourth-order valence-corrected chi connectivity index (χ4v) is 3.93. The lowest BCUT2D eigenvalue weighted by atomic mass is 10.1. The Balaban J connectivity index is 1.78. The van der Waals surface area contributed by atoms with E-state index in [1.165, 1.54) is 0 Å². The summed E-state index contributed by atoms with van der Waals surface area (Å²) in [6.07, 6.45) is -4.78. The van der Waals surface area contributed by atoms with Gasteiger partial charge in [-0.15, -0.1) is 0 Å². The van der Waals surface area contributed by atoms with Crippen molar-refractivity contribution in [2.75, 3.05) is 26.3 Å². The number of hydrogen-bond donors (Lipinski definition) is 0. The quantitative estimate of drug-likeness (QED) is 0.489. The lowest BCUT2D eigenvalue weighted by molar-refractivity contribution is -0.142. The summed E-state index contributed by atoms with van der Waals surface area (Å²) in [4.78, 5) is 18.6. The van der Waals surface area contributed by atoms with Crippen LogP contribution in [0.5, 0.6) is 0 Å². The van der Waals surface area contributed by atoms with E-state index in [1.807, 2.05) is 0 Å². The Morgan fingerprint density at radius 3 is 2.43 bits per heavy atom. The molecule has 3 aromatic rings. The summed E-state index contributed by atoms with van der Waals surface area (Å²) in [6.45, 7) is 1.77. The van der Waals surface area contributed by atoms with Gasteiger partial charge in [0.15, 0.2) is 11.3 Å². The van der Waals surface area contributed by atoms with Crippen molar-refractivity contribution in [2.45, 2.75) is 12.6 Å². The number of amides is 1. The molecule has 0 bridgehead atoms. The monoisotopic (exact) mass is 546 g/mol. The van der Waals surface area contributed by atoms with E-state index in [9.17, 15) is 18.0 Å². The third-order valence-electron chi connectivity index (χ3n) is 4.71. The first-order chi connectivity index (χ1) is 14.2. The average molecular weight is 548 g/mol. The summed E-state index contributed by atoms with van der Waals surface area (Å²) in [5, 5.41) is 4.06. The Bertz CT molecular complexity index is 1090. The fraction of sp³-hybridized carbons (Fsp3) is 0.316. The predicted molar refractivity (Wildman–Crippen MR) is 110 cm³/mol. The van der Waals surface area contributed by atoms with Gasteiger partial charge in [-0.2, -0.15) is 18.3 Å². The molecule has 0 spiro atoms. The minimum atomic E-state index is -4.65. The van der Waals surface area contributed by atoms with Crippen LogP contribution in [0.4, 0.5) is 13.2 Å². The highest BCUT2D eigenvalue weighted by Gasteiger charge is 2.36. The molecular formula is C19H15Br2F3N4O2. The average Bonchev–Trinajstić information content (AvgIpc) is 3.03. The van der Waals surface area contributed by atoms with E-state index >= 15 is 0 Å². The van der Waals surface area contributed by atoms with E-state index in [0.29, 0.717) is 31.9 Å². The van der Waals surface area contributed by atoms with Gasteiger partial charge in [0.2, 0.25) is 5.91 Å². The van der Waals surface area contributed by atoms with Crippen molar-refractivity contribution < 1.29 is 22.7 Å². The van der Waals surface area contributed by atoms with Gasteiger partial charge in [0.1, 0.15) is 0 Å². The number of alkyl halides is 3. The van der Waals surface area contributed by atoms with Crippen molar-refractivity contribution >= 4 is 43.4 Å². The van der Waals surface area contributed by atoms with Gasteiger partial charge in [0, 0.05) is 23.1 Å². The Morgan fingerprint density at radius 2 is 1.80 bits per heavy atom. The molecule has 1 saturated heterocycles. The second kappa shape index (κ2) is 8.27. The third kappa shape index (κ3) is 4.23. The lowest BCUT2D eigenvalue weighted by Gasteiger charge is -2.26. The highest BCUT2D eigenvalue weighted by Crippen LogP contribution is 2.35. The number of carbonyl (C=O) groups excluding carboxylic acids is 1. The smallest absolute Gasteiger partial charge is 0.378 e. The van der Waals surface area contributed by atoms with Gasteiger partial charge in [-0.25, -0.2) is 9.50 Å². The van der Waals surface area contributed by atoms with E-state index in [1.54, 1.807) is 29.2 Å². The minimum absolute atomic E-state index is 0.00696. The Hall–Kier alpha value is -1.98. The highest BCUT2D eigenvalue weighted by atomic mass is 79.9. The number of carbonyl (C=O) groups is 1. The number of rotatable bonds is 3. The van der Waals surface area contributed by atoms with Crippen LogP contribution in [0.25, 0.3) is 16.9 Å². The van der Waals surface area contributed by atoms with Gasteiger partial charge in [0.05, 0.1) is 35.5 Å². The zero-order valence-corrected chi connectivity index (χ0v) is 18.6. The maximum atomic E-state index is 13.8. The molecule has 2 aromatic heterocycles. The van der Waals surface area contributed by atoms with Crippen LogP contribution in [-0.4, -0.2) is 51.7 Å². The van der Waals surface area contributed by atoms with Crippen LogP contribution >= 0.6 is 31.9 Å². The fourth-order valence-electron chi connectivity index (χ4n) is 3.19. The number of ether oxygens (including phenoxy) is 1. The number of morpholine rings is 1. The topological polar surface area (TPSA) is 59.7 Å². The molecule has 1 aliphatic rings. The molecule has 6 nitrogen and oxygen atoms in total. The zero-order valence-electron chi connectivity index (χ0n) is 15.4. The van der Waals surface area contributed by atoms with Crippen molar-refractivity contribution in [3.63, 3.8) is 0 Å². The first kappa shape index (κ1) is 21.3. The van der Waals surface area contributed by atoms with Crippen LogP contribution < -0.4 is 0 Å². The summed E-state index contributed by atoms with van der Waals surface area (Å²) >= 11 is 6.62. The molecule has 0 radical (unpaired) electrons. The first-order valence-electron chi connectivity index (χ1n) is 9.01. The van der Waals surface area contributed by atoms with Gasteiger partial charge in [-0.3, -0.25) is 4.79 Å². The van der Waals surface area contributed by atoms with E-state index in [-0.39, 0.29) is 33.8 Å². The Kier molecular flexibility index (Phi) is 5.86. The van der Waals surface area contributed by atoms with Crippen LogP contribution in [0.1, 0.15) is 11.4 Å². The van der Waals surface area contributed by atoms with Crippen LogP contribution in [-0.2, 0) is 22.1 Å². The van der Waals surface area contributed by atoms with Crippen molar-refractivity contribution in [1.29, 1.82) is 0 Å². The van der Waals surface area contributed by atoms with Gasteiger partial charge < -0.3 is 9.64 Å². The Morgan fingerprint density at radius 1 is 1.13 bits per heavy atom. The molecule has 1 aromatic carbocycles. The molecule has 1 amide bonds. The maximum absolute atomic E-state index is 13.8. The van der Waals surface area contributed by atoms with Crippen molar-refractivity contribution in [3.8, 4) is 11.3 Å². The number of halogens is 5. The van der Waals surface area contributed by atoms with E-state index < -0.39 is 11.9 Å². The molecule has 1 fully saturated rings. The van der Waals surface area contributed by atoms with Gasteiger partial charge in [0.25, 0.3) is 0 Å². The largest absolute Gasteiger partial charge is 0.433 e. The summed E-state index contributed by atoms with van der Waals surface area (Å²) in [5.74, 6) is -0.218. The lowest BCUT2D eigenvalue weighted by Crippen LogP contribution is -2.41. The number of hydrogen-bond acceptors (Lipinski definition) is 4. The van der Waals surface area contributed by atoms with Gasteiger partial charge in [-0.05, 0) is 34.1 Å². The number of fused-ring (bicyclic) bond motifs is 1. The summed E-state index contributed by atoms with van der Waals surface area (Å²) in [7, 11) is 0. The van der Waals surface area contributed by atoms with Crippen molar-refractivity contribution in [3.05, 3.63) is 50.7 Å². The minimum Gasteiger partial charge on any atom is -0.378 e. The SMILES string of the molecule is O=C(Cc1nn2c(C(F)(F)F)cc(-c3ccc(Br)cc3)nc2c1Br)N1CCOCC1. The standard InChI is InChI=1S/C19H15Br2F3N4O2/c20-12-3-1-11(2-4-12)13-9-15(19(22,23)24)28-18(25-13)17(21)14(26-28)10-16(29)27-5-7-30-8-6-27/h1-4,9H,5-8,10H2. The van der Waals surface area contributed by atoms with Crippen LogP contribution in [0, 0.1) is 0 Å². The number of nitrogens with zero attached hydrogens (tertiary/aromatic N) is 4. The summed E-state index contributed by atoms with van der Waals surface area (Å²) < 4.78 is 48.4. The van der Waals surface area contributed by atoms with E-state index in [2.05, 4.69) is 41.9 Å². The normalized spacial score (nSPS) is 15.0. The molecule has 0 N–H and O–H groups in total. The Labute approximate surface area is 186 Å². The first-order valence-corrected chi connectivity index (χ1v) is 10.6. The van der Waals surface area contributed by atoms with Crippen molar-refractivity contribution in [2.24, 2.45) is 0 Å². The molecule has 0 aliphatic carbocycles. The molecule has 158 valence electrons. The molecule has 11 heteroatoms. The summed E-state index contributed by atoms with van der Waals surface area (Å²) in [6, 6.07) is 7.77. The van der Waals surface area contributed by atoms with Crippen molar-refractivity contribution in [1.82, 2.24) is 19.5 Å². The van der Waals surface area contributed by atoms with Crippen LogP contribution in [0.15, 0.2) is 39.3 Å². The highest BCUT2D eigenvalue weighted by molar-refractivity contribution is 9.11. The molecule has 3 heterocycles. The van der Waals surface area contributed by atoms with Crippen LogP contribution in [0.3, 0.4) is 0 Å². The second-order valence-corrected chi connectivity index (χ2v) is 8.41. The molecule has 1 aliphatic heterocycles. The molecule has 4 rings (SSSR count). The van der Waals surface area contributed by atoms with E-state index in [4.69, 9.17) is 4.74 Å². The third-order valence-corrected chi connectivity index (χ3v) is 6.05. The summed E-state index contributed by atoms with van der Waals surface area (Å²) in [5.41, 5.74) is -0.0552. The number of aromatic nitrogens is 3. The molecule has 0 atom stereocenters. The molecular weight excluding hydrogens is 533 g/mol.